The van der Waals surface area contributed by atoms with E-state index in [1.807, 2.05) is 55.4 Å². The third kappa shape index (κ3) is 5.74. The molecule has 0 unspecified atom stereocenters. The van der Waals surface area contributed by atoms with Crippen LogP contribution in [0.2, 0.25) is 5.02 Å². The smallest absolute Gasteiger partial charge is 0.191 e. The second-order valence-corrected chi connectivity index (χ2v) is 6.05. The summed E-state index contributed by atoms with van der Waals surface area (Å²) < 4.78 is 0. The Morgan fingerprint density at radius 1 is 1.17 bits per heavy atom. The number of aliphatic imine (C=N–C) groups is 1. The highest BCUT2D eigenvalue weighted by Crippen LogP contribution is 2.10. The fourth-order valence-electron chi connectivity index (χ4n) is 2.23. The molecule has 24 heavy (non-hydrogen) atoms. The Balaban J connectivity index is 1.81. The van der Waals surface area contributed by atoms with Crippen molar-refractivity contribution in [1.29, 1.82) is 0 Å². The SMILES string of the molecule is CN=C(NCCc1cccc(Cl)c1)NCc1cccc(N(C)C)n1. The Morgan fingerprint density at radius 2 is 1.96 bits per heavy atom. The molecule has 1 heterocycles. The van der Waals surface area contributed by atoms with Gasteiger partial charge in [-0.15, -0.1) is 0 Å². The summed E-state index contributed by atoms with van der Waals surface area (Å²) in [7, 11) is 5.73. The highest BCUT2D eigenvalue weighted by Gasteiger charge is 2.02. The van der Waals surface area contributed by atoms with E-state index in [9.17, 15) is 0 Å². The molecule has 0 atom stereocenters. The first-order chi connectivity index (χ1) is 11.6. The average molecular weight is 346 g/mol. The predicted molar refractivity (Wildman–Crippen MR) is 102 cm³/mol. The molecule has 0 aliphatic rings. The van der Waals surface area contributed by atoms with Crippen LogP contribution in [0.4, 0.5) is 5.82 Å². The minimum atomic E-state index is 0.624. The molecule has 0 spiro atoms. The van der Waals surface area contributed by atoms with Crippen molar-refractivity contribution in [1.82, 2.24) is 15.6 Å². The second kappa shape index (κ2) is 9.13. The molecule has 0 saturated carbocycles. The van der Waals surface area contributed by atoms with Crippen LogP contribution in [0.5, 0.6) is 0 Å². The molecule has 0 aliphatic heterocycles. The van der Waals surface area contributed by atoms with Crippen molar-refractivity contribution in [3.63, 3.8) is 0 Å². The van der Waals surface area contributed by atoms with Crippen molar-refractivity contribution in [2.45, 2.75) is 13.0 Å². The lowest BCUT2D eigenvalue weighted by molar-refractivity contribution is 0.782. The summed E-state index contributed by atoms with van der Waals surface area (Å²) >= 11 is 6.00. The fraction of sp³-hybridized carbons (Fsp3) is 0.333. The maximum absolute atomic E-state index is 6.00. The van der Waals surface area contributed by atoms with Crippen molar-refractivity contribution in [2.75, 3.05) is 32.6 Å². The lowest BCUT2D eigenvalue weighted by Crippen LogP contribution is -2.38. The molecule has 0 bridgehead atoms. The molecule has 0 fully saturated rings. The second-order valence-electron chi connectivity index (χ2n) is 5.61. The van der Waals surface area contributed by atoms with Gasteiger partial charge in [-0.1, -0.05) is 29.8 Å². The number of nitrogens with zero attached hydrogens (tertiary/aromatic N) is 3. The van der Waals surface area contributed by atoms with E-state index in [1.54, 1.807) is 7.05 Å². The van der Waals surface area contributed by atoms with Crippen LogP contribution in [0.25, 0.3) is 0 Å². The van der Waals surface area contributed by atoms with Gasteiger partial charge in [0.05, 0.1) is 12.2 Å². The summed E-state index contributed by atoms with van der Waals surface area (Å²) in [5.41, 5.74) is 2.17. The highest BCUT2D eigenvalue weighted by molar-refractivity contribution is 6.30. The van der Waals surface area contributed by atoms with Gasteiger partial charge in [-0.3, -0.25) is 4.99 Å². The molecule has 0 radical (unpaired) electrons. The van der Waals surface area contributed by atoms with Crippen molar-refractivity contribution >= 4 is 23.4 Å². The number of rotatable bonds is 6. The molecular formula is C18H24ClN5. The lowest BCUT2D eigenvalue weighted by atomic mass is 10.1. The Kier molecular flexibility index (Phi) is 6.88. The van der Waals surface area contributed by atoms with Gasteiger partial charge >= 0.3 is 0 Å². The van der Waals surface area contributed by atoms with E-state index in [1.165, 1.54) is 5.56 Å². The molecule has 0 aliphatic carbocycles. The minimum Gasteiger partial charge on any atom is -0.363 e. The van der Waals surface area contributed by atoms with Crippen LogP contribution in [0, 0.1) is 0 Å². The zero-order chi connectivity index (χ0) is 17.4. The first-order valence-electron chi connectivity index (χ1n) is 7.90. The van der Waals surface area contributed by atoms with E-state index in [0.717, 1.165) is 35.5 Å². The molecule has 2 N–H and O–H groups in total. The first kappa shape index (κ1) is 18.1. The van der Waals surface area contributed by atoms with Crippen LogP contribution in [0.3, 0.4) is 0 Å². The molecule has 1 aromatic carbocycles. The molecule has 6 heteroatoms. The van der Waals surface area contributed by atoms with Gasteiger partial charge < -0.3 is 15.5 Å². The molecule has 5 nitrogen and oxygen atoms in total. The number of anilines is 1. The highest BCUT2D eigenvalue weighted by atomic mass is 35.5. The van der Waals surface area contributed by atoms with E-state index < -0.39 is 0 Å². The normalized spacial score (nSPS) is 11.2. The Labute approximate surface area is 148 Å². The van der Waals surface area contributed by atoms with Gasteiger partial charge in [0.1, 0.15) is 5.82 Å². The van der Waals surface area contributed by atoms with E-state index in [4.69, 9.17) is 11.6 Å². The molecular weight excluding hydrogens is 322 g/mol. The third-order valence-corrected chi connectivity index (χ3v) is 3.74. The minimum absolute atomic E-state index is 0.624. The third-order valence-electron chi connectivity index (χ3n) is 3.51. The van der Waals surface area contributed by atoms with Gasteiger partial charge in [0.2, 0.25) is 0 Å². The molecule has 0 amide bonds. The number of benzene rings is 1. The predicted octanol–water partition coefficient (Wildman–Crippen LogP) is 2.71. The van der Waals surface area contributed by atoms with Crippen LogP contribution >= 0.6 is 11.6 Å². The molecule has 2 aromatic rings. The summed E-state index contributed by atoms with van der Waals surface area (Å²) in [4.78, 5) is 10.8. The van der Waals surface area contributed by atoms with Crippen LogP contribution in [0.15, 0.2) is 47.5 Å². The summed E-state index contributed by atoms with van der Waals surface area (Å²) in [6.07, 6.45) is 0.885. The number of guanidine groups is 1. The lowest BCUT2D eigenvalue weighted by Gasteiger charge is -2.14. The maximum atomic E-state index is 6.00. The summed E-state index contributed by atoms with van der Waals surface area (Å²) in [5, 5.41) is 7.35. The van der Waals surface area contributed by atoms with Crippen LogP contribution < -0.4 is 15.5 Å². The number of hydrogen-bond donors (Lipinski definition) is 2. The van der Waals surface area contributed by atoms with Gasteiger partial charge in [0.25, 0.3) is 0 Å². The van der Waals surface area contributed by atoms with E-state index in [2.05, 4.69) is 26.7 Å². The van der Waals surface area contributed by atoms with Gasteiger partial charge in [-0.25, -0.2) is 4.98 Å². The summed E-state index contributed by atoms with van der Waals surface area (Å²) in [6, 6.07) is 13.9. The summed E-state index contributed by atoms with van der Waals surface area (Å²) in [5.74, 6) is 1.70. The topological polar surface area (TPSA) is 52.6 Å². The van der Waals surface area contributed by atoms with Crippen LogP contribution in [-0.4, -0.2) is 38.6 Å². The number of hydrogen-bond acceptors (Lipinski definition) is 3. The van der Waals surface area contributed by atoms with Gasteiger partial charge in [0, 0.05) is 32.7 Å². The van der Waals surface area contributed by atoms with E-state index in [-0.39, 0.29) is 0 Å². The monoisotopic (exact) mass is 345 g/mol. The van der Waals surface area contributed by atoms with Crippen LogP contribution in [0.1, 0.15) is 11.3 Å². The van der Waals surface area contributed by atoms with Crippen molar-refractivity contribution < 1.29 is 0 Å². The molecule has 0 saturated heterocycles. The Morgan fingerprint density at radius 3 is 2.67 bits per heavy atom. The van der Waals surface area contributed by atoms with Gasteiger partial charge in [0.15, 0.2) is 5.96 Å². The van der Waals surface area contributed by atoms with E-state index in [0.29, 0.717) is 6.54 Å². The van der Waals surface area contributed by atoms with Crippen molar-refractivity contribution in [3.8, 4) is 0 Å². The zero-order valence-corrected chi connectivity index (χ0v) is 15.1. The molecule has 2 rings (SSSR count). The van der Waals surface area contributed by atoms with Crippen LogP contribution in [-0.2, 0) is 13.0 Å². The molecule has 1 aromatic heterocycles. The zero-order valence-electron chi connectivity index (χ0n) is 14.4. The van der Waals surface area contributed by atoms with Crippen molar-refractivity contribution in [2.24, 2.45) is 4.99 Å². The largest absolute Gasteiger partial charge is 0.363 e. The number of aromatic nitrogens is 1. The standard InChI is InChI=1S/C18H24ClN5/c1-20-18(21-11-10-14-6-4-7-15(19)12-14)22-13-16-8-5-9-17(23-16)24(2)3/h4-9,12H,10-11,13H2,1-3H3,(H2,20,21,22). The number of pyridine rings is 1. The summed E-state index contributed by atoms with van der Waals surface area (Å²) in [6.45, 7) is 1.41. The average Bonchev–Trinajstić information content (AvgIpc) is 2.58. The maximum Gasteiger partial charge on any atom is 0.191 e. The van der Waals surface area contributed by atoms with Crippen molar-refractivity contribution in [3.05, 3.63) is 58.7 Å². The Bertz CT molecular complexity index is 685. The fourth-order valence-corrected chi connectivity index (χ4v) is 2.44. The molecule has 128 valence electrons. The van der Waals surface area contributed by atoms with Gasteiger partial charge in [-0.05, 0) is 36.2 Å². The number of nitrogens with one attached hydrogen (secondary N) is 2. The number of halogens is 1. The van der Waals surface area contributed by atoms with E-state index >= 15 is 0 Å². The first-order valence-corrected chi connectivity index (χ1v) is 8.28. The quantitative estimate of drug-likeness (QED) is 0.624. The Hall–Kier alpha value is -2.27. The van der Waals surface area contributed by atoms with Gasteiger partial charge in [-0.2, -0.15) is 0 Å².